The summed E-state index contributed by atoms with van der Waals surface area (Å²) in [5.41, 5.74) is 3.89. The minimum Gasteiger partial charge on any atom is -0.354 e. The molecule has 1 aliphatic heterocycles. The highest BCUT2D eigenvalue weighted by molar-refractivity contribution is 5.84. The van der Waals surface area contributed by atoms with Gasteiger partial charge in [-0.05, 0) is 37.6 Å². The number of H-pyrrole nitrogens is 1. The van der Waals surface area contributed by atoms with E-state index in [2.05, 4.69) is 51.7 Å². The lowest BCUT2D eigenvalue weighted by Crippen LogP contribution is -2.44. The Morgan fingerprint density at radius 3 is 2.66 bits per heavy atom. The maximum absolute atomic E-state index is 4.58. The number of benzene rings is 1. The van der Waals surface area contributed by atoms with Gasteiger partial charge in [-0.3, -0.25) is 10.1 Å². The van der Waals surface area contributed by atoms with Crippen LogP contribution in [0.5, 0.6) is 0 Å². The number of nitrogens with one attached hydrogen (secondary N) is 3. The fourth-order valence-electron chi connectivity index (χ4n) is 3.73. The molecule has 0 aliphatic carbocycles. The third kappa shape index (κ3) is 4.42. The van der Waals surface area contributed by atoms with Crippen molar-refractivity contribution in [2.75, 3.05) is 36.4 Å². The van der Waals surface area contributed by atoms with Crippen LogP contribution >= 0.6 is 0 Å². The van der Waals surface area contributed by atoms with Crippen LogP contribution in [0.15, 0.2) is 36.7 Å². The minimum atomic E-state index is 0.641. The highest BCUT2D eigenvalue weighted by Gasteiger charge is 2.13. The first-order valence-electron chi connectivity index (χ1n) is 10.7. The van der Waals surface area contributed by atoms with Crippen molar-refractivity contribution in [1.82, 2.24) is 35.5 Å². The second-order valence-corrected chi connectivity index (χ2v) is 7.81. The zero-order chi connectivity index (χ0) is 21.9. The van der Waals surface area contributed by atoms with E-state index >= 15 is 0 Å². The Kier molecular flexibility index (Phi) is 5.47. The van der Waals surface area contributed by atoms with Crippen molar-refractivity contribution >= 4 is 40.5 Å². The number of aromatic amines is 1. The molecular formula is C23H25N9. The molecule has 0 atom stereocenters. The fraction of sp³-hybridized carbons (Fsp3) is 0.261. The standard InChI is InChI=1S/C23H25N9/c1-15-19-11-17(4-6-20(19)31-30-15)3-5-18-13-26-22(14-25-18)29-21-12-23(28-16(2)27-21)32-9-7-24-8-10-32/h3-6,11-14,24H,7-10H2,1-2H3,(H,30,31)(H,26,27,28,29)/b5-3+. The largest absolute Gasteiger partial charge is 0.354 e. The highest BCUT2D eigenvalue weighted by Crippen LogP contribution is 2.20. The lowest BCUT2D eigenvalue weighted by Gasteiger charge is -2.28. The van der Waals surface area contributed by atoms with E-state index in [9.17, 15) is 0 Å². The van der Waals surface area contributed by atoms with E-state index in [0.29, 0.717) is 11.6 Å². The van der Waals surface area contributed by atoms with Crippen molar-refractivity contribution in [1.29, 1.82) is 0 Å². The van der Waals surface area contributed by atoms with Crippen LogP contribution in [-0.2, 0) is 0 Å². The number of aromatic nitrogens is 6. The lowest BCUT2D eigenvalue weighted by molar-refractivity contribution is 0.584. The summed E-state index contributed by atoms with van der Waals surface area (Å²) < 4.78 is 0. The number of hydrogen-bond acceptors (Lipinski definition) is 8. The summed E-state index contributed by atoms with van der Waals surface area (Å²) in [6, 6.07) is 8.12. The molecule has 9 nitrogen and oxygen atoms in total. The first kappa shape index (κ1) is 20.1. The van der Waals surface area contributed by atoms with Gasteiger partial charge in [0, 0.05) is 43.3 Å². The third-order valence-corrected chi connectivity index (χ3v) is 5.41. The molecule has 4 heterocycles. The van der Waals surface area contributed by atoms with Crippen molar-refractivity contribution in [3.8, 4) is 0 Å². The average molecular weight is 428 g/mol. The normalized spacial score (nSPS) is 14.4. The Balaban J connectivity index is 1.28. The number of hydrogen-bond donors (Lipinski definition) is 3. The molecule has 9 heteroatoms. The summed E-state index contributed by atoms with van der Waals surface area (Å²) in [6.07, 6.45) is 7.43. The molecule has 0 radical (unpaired) electrons. The number of fused-ring (bicyclic) bond motifs is 1. The van der Waals surface area contributed by atoms with Crippen LogP contribution in [0.1, 0.15) is 22.8 Å². The predicted octanol–water partition coefficient (Wildman–Crippen LogP) is 3.08. The SMILES string of the molecule is Cc1nc(Nc2cnc(/C=C/c3ccc4n[nH]c(C)c4c3)cn2)cc(N2CCNCC2)n1. The van der Waals surface area contributed by atoms with Gasteiger partial charge in [0.1, 0.15) is 23.3 Å². The van der Waals surface area contributed by atoms with Crippen molar-refractivity contribution in [2.45, 2.75) is 13.8 Å². The van der Waals surface area contributed by atoms with E-state index in [1.54, 1.807) is 12.4 Å². The molecule has 1 saturated heterocycles. The van der Waals surface area contributed by atoms with Crippen molar-refractivity contribution in [3.05, 3.63) is 59.4 Å². The summed E-state index contributed by atoms with van der Waals surface area (Å²) in [5.74, 6) is 3.01. The summed E-state index contributed by atoms with van der Waals surface area (Å²) in [6.45, 7) is 7.71. The van der Waals surface area contributed by atoms with Gasteiger partial charge in [0.2, 0.25) is 0 Å². The average Bonchev–Trinajstić information content (AvgIpc) is 3.19. The molecule has 1 fully saturated rings. The second-order valence-electron chi connectivity index (χ2n) is 7.81. The lowest BCUT2D eigenvalue weighted by atomic mass is 10.1. The second kappa shape index (κ2) is 8.72. The molecule has 0 unspecified atom stereocenters. The molecule has 1 aromatic carbocycles. The predicted molar refractivity (Wildman–Crippen MR) is 127 cm³/mol. The van der Waals surface area contributed by atoms with Gasteiger partial charge < -0.3 is 15.5 Å². The van der Waals surface area contributed by atoms with Gasteiger partial charge in [0.15, 0.2) is 0 Å². The Morgan fingerprint density at radius 1 is 0.969 bits per heavy atom. The van der Waals surface area contributed by atoms with Crippen LogP contribution in [0, 0.1) is 13.8 Å². The molecule has 0 saturated carbocycles. The number of anilines is 3. The first-order chi connectivity index (χ1) is 15.6. The molecule has 4 aromatic rings. The summed E-state index contributed by atoms with van der Waals surface area (Å²) in [5, 5.41) is 15.0. The van der Waals surface area contributed by atoms with Crippen LogP contribution < -0.4 is 15.5 Å². The topological polar surface area (TPSA) is 108 Å². The zero-order valence-corrected chi connectivity index (χ0v) is 18.1. The van der Waals surface area contributed by atoms with E-state index < -0.39 is 0 Å². The van der Waals surface area contributed by atoms with E-state index in [0.717, 1.165) is 65.7 Å². The molecule has 3 N–H and O–H groups in total. The highest BCUT2D eigenvalue weighted by atomic mass is 15.2. The summed E-state index contributed by atoms with van der Waals surface area (Å²) in [4.78, 5) is 20.3. The maximum Gasteiger partial charge on any atom is 0.150 e. The van der Waals surface area contributed by atoms with Gasteiger partial charge in [-0.1, -0.05) is 12.1 Å². The van der Waals surface area contributed by atoms with Crippen molar-refractivity contribution < 1.29 is 0 Å². The maximum atomic E-state index is 4.58. The monoisotopic (exact) mass is 427 g/mol. The van der Waals surface area contributed by atoms with Gasteiger partial charge in [0.25, 0.3) is 0 Å². The van der Waals surface area contributed by atoms with Gasteiger partial charge in [0.05, 0.1) is 23.6 Å². The molecule has 1 aliphatic rings. The number of aryl methyl sites for hydroxylation is 2. The van der Waals surface area contributed by atoms with E-state index in [-0.39, 0.29) is 0 Å². The Hall–Kier alpha value is -3.85. The smallest absolute Gasteiger partial charge is 0.150 e. The van der Waals surface area contributed by atoms with Crippen LogP contribution in [-0.4, -0.2) is 56.3 Å². The first-order valence-corrected chi connectivity index (χ1v) is 10.7. The van der Waals surface area contributed by atoms with Gasteiger partial charge >= 0.3 is 0 Å². The van der Waals surface area contributed by atoms with Gasteiger partial charge in [-0.25, -0.2) is 15.0 Å². The number of rotatable bonds is 5. The Labute approximate surface area is 186 Å². The quantitative estimate of drug-likeness (QED) is 0.446. The van der Waals surface area contributed by atoms with Crippen LogP contribution in [0.25, 0.3) is 23.1 Å². The molecule has 3 aromatic heterocycles. The van der Waals surface area contributed by atoms with Gasteiger partial charge in [-0.15, -0.1) is 0 Å². The third-order valence-electron chi connectivity index (χ3n) is 5.41. The molecule has 0 amide bonds. The van der Waals surface area contributed by atoms with E-state index in [4.69, 9.17) is 0 Å². The molecule has 162 valence electrons. The van der Waals surface area contributed by atoms with Crippen molar-refractivity contribution in [2.24, 2.45) is 0 Å². The Morgan fingerprint density at radius 2 is 1.84 bits per heavy atom. The molecule has 32 heavy (non-hydrogen) atoms. The van der Waals surface area contributed by atoms with Crippen LogP contribution in [0.4, 0.5) is 17.5 Å². The van der Waals surface area contributed by atoms with E-state index in [1.165, 1.54) is 0 Å². The number of piperazine rings is 1. The minimum absolute atomic E-state index is 0.641. The van der Waals surface area contributed by atoms with E-state index in [1.807, 2.05) is 44.2 Å². The van der Waals surface area contributed by atoms with Crippen LogP contribution in [0.3, 0.4) is 0 Å². The van der Waals surface area contributed by atoms with Crippen molar-refractivity contribution in [3.63, 3.8) is 0 Å². The molecular weight excluding hydrogens is 402 g/mol. The summed E-state index contributed by atoms with van der Waals surface area (Å²) >= 11 is 0. The molecule has 0 bridgehead atoms. The zero-order valence-electron chi connectivity index (χ0n) is 18.1. The Bertz CT molecular complexity index is 1250. The number of nitrogens with zero attached hydrogens (tertiary/aromatic N) is 6. The van der Waals surface area contributed by atoms with Crippen LogP contribution in [0.2, 0.25) is 0 Å². The molecule has 5 rings (SSSR count). The molecule has 0 spiro atoms. The summed E-state index contributed by atoms with van der Waals surface area (Å²) in [7, 11) is 0. The van der Waals surface area contributed by atoms with Gasteiger partial charge in [-0.2, -0.15) is 5.10 Å². The fourth-order valence-corrected chi connectivity index (χ4v) is 3.73.